The van der Waals surface area contributed by atoms with Crippen LogP contribution in [0, 0.1) is 11.8 Å². The van der Waals surface area contributed by atoms with Crippen molar-refractivity contribution in [3.63, 3.8) is 0 Å². The zero-order valence-electron chi connectivity index (χ0n) is 40.5. The number of aromatic nitrogens is 6. The van der Waals surface area contributed by atoms with Crippen LogP contribution in [0.4, 0.5) is 11.4 Å². The summed E-state index contributed by atoms with van der Waals surface area (Å²) >= 11 is 0. The highest BCUT2D eigenvalue weighted by atomic mass is 16.5. The smallest absolute Gasteiger partial charge is 0.294 e. The van der Waals surface area contributed by atoms with Gasteiger partial charge in [0.05, 0.1) is 37.4 Å². The van der Waals surface area contributed by atoms with Crippen molar-refractivity contribution >= 4 is 35.0 Å². The second-order valence-electron chi connectivity index (χ2n) is 19.6. The molecule has 6 aromatic rings. The maximum absolute atomic E-state index is 14.9. The van der Waals surface area contributed by atoms with Crippen molar-refractivity contribution in [3.8, 4) is 6.01 Å². The van der Waals surface area contributed by atoms with E-state index in [0.717, 1.165) is 11.1 Å². The van der Waals surface area contributed by atoms with Crippen LogP contribution >= 0.6 is 0 Å². The number of aromatic amines is 2. The minimum Gasteiger partial charge on any atom is -0.463 e. The lowest BCUT2D eigenvalue weighted by Gasteiger charge is -2.33. The molecule has 4 amide bonds. The summed E-state index contributed by atoms with van der Waals surface area (Å²) in [6.45, 7) is 19.8. The summed E-state index contributed by atoms with van der Waals surface area (Å²) < 4.78 is 6.19. The Morgan fingerprint density at radius 1 is 0.632 bits per heavy atom. The standard InChI is InChI=1S/C52H64N10O6/c1-32(2)42(29-63)58-46(64)44(34-13-11-23-53-25-34)62(39-21-17-37(18-22-39)52(8,9)10)49(67)41-28-56-50(60-41)68-30-43(33(3)4)59-47(65)45(35-14-12-24-54-26-35)61(48(66)40-27-55-31-57-40)38-19-15-36(16-20-38)51(5,6)7/h11-28,31-33,42-45,63H,29-30H2,1-10H3,(H,55,57)(H,56,60)(H,58,64)(H,59,65)/t42-,43+,44?,45?/m1/s1. The van der Waals surface area contributed by atoms with Crippen LogP contribution in [0.2, 0.25) is 0 Å². The zero-order valence-corrected chi connectivity index (χ0v) is 40.5. The number of H-pyrrole nitrogens is 2. The van der Waals surface area contributed by atoms with E-state index in [1.165, 1.54) is 34.7 Å². The Hall–Kier alpha value is -7.20. The Balaban J connectivity index is 1.30. The number of rotatable bonds is 18. The van der Waals surface area contributed by atoms with E-state index in [4.69, 9.17) is 4.74 Å². The summed E-state index contributed by atoms with van der Waals surface area (Å²) in [5, 5.41) is 16.3. The minimum atomic E-state index is -1.21. The van der Waals surface area contributed by atoms with Crippen LogP contribution in [0.25, 0.3) is 0 Å². The van der Waals surface area contributed by atoms with Gasteiger partial charge in [-0.2, -0.15) is 0 Å². The zero-order chi connectivity index (χ0) is 49.3. The van der Waals surface area contributed by atoms with Gasteiger partial charge in [0.2, 0.25) is 11.8 Å². The molecule has 4 atom stereocenters. The van der Waals surface area contributed by atoms with Gasteiger partial charge in [-0.05, 0) is 70.2 Å². The lowest BCUT2D eigenvalue weighted by Crippen LogP contribution is -2.50. The van der Waals surface area contributed by atoms with Crippen LogP contribution < -0.4 is 25.2 Å². The largest absolute Gasteiger partial charge is 0.463 e. The van der Waals surface area contributed by atoms with Crippen LogP contribution in [0.1, 0.15) is 125 Å². The van der Waals surface area contributed by atoms with Gasteiger partial charge >= 0.3 is 0 Å². The third kappa shape index (κ3) is 12.0. The van der Waals surface area contributed by atoms with Gasteiger partial charge in [0.15, 0.2) is 0 Å². The number of nitrogens with zero attached hydrogens (tertiary/aromatic N) is 6. The van der Waals surface area contributed by atoms with Crippen molar-refractivity contribution in [1.82, 2.24) is 40.5 Å². The summed E-state index contributed by atoms with van der Waals surface area (Å²) in [6.07, 6.45) is 10.4. The quantitative estimate of drug-likeness (QED) is 0.0568. The number of carbonyl (C=O) groups excluding carboxylic acids is 4. The molecule has 0 aliphatic heterocycles. The number of benzene rings is 2. The predicted molar refractivity (Wildman–Crippen MR) is 261 cm³/mol. The van der Waals surface area contributed by atoms with Crippen LogP contribution in [-0.4, -0.2) is 83.9 Å². The molecule has 0 bridgehead atoms. The normalized spacial score (nSPS) is 13.6. The number of hydrogen-bond donors (Lipinski definition) is 5. The van der Waals surface area contributed by atoms with Gasteiger partial charge in [0.1, 0.15) is 30.1 Å². The average Bonchev–Trinajstić information content (AvgIpc) is 4.04. The number of nitrogens with one attached hydrogen (secondary N) is 4. The summed E-state index contributed by atoms with van der Waals surface area (Å²) in [7, 11) is 0. The molecule has 0 fully saturated rings. The van der Waals surface area contributed by atoms with Gasteiger partial charge in [-0.1, -0.05) is 106 Å². The lowest BCUT2D eigenvalue weighted by molar-refractivity contribution is -0.124. The SMILES string of the molecule is CC(C)[C@H](COc1ncc(C(=O)N(c2ccc(C(C)(C)C)cc2)C(C(=O)N[C@H](CO)C(C)C)c2cccnc2)[nH]1)NC(=O)C(c1cccnc1)N(C(=O)c1cnc[nH]1)c1ccc(C(C)(C)C)cc1. The highest BCUT2D eigenvalue weighted by Crippen LogP contribution is 2.34. The molecule has 68 heavy (non-hydrogen) atoms. The minimum absolute atomic E-state index is 0.00221. The molecule has 358 valence electrons. The van der Waals surface area contributed by atoms with E-state index in [1.807, 2.05) is 64.1 Å². The van der Waals surface area contributed by atoms with Crippen molar-refractivity contribution in [3.05, 3.63) is 150 Å². The first-order chi connectivity index (χ1) is 32.3. The molecule has 0 aliphatic rings. The third-order valence-electron chi connectivity index (χ3n) is 11.8. The van der Waals surface area contributed by atoms with E-state index >= 15 is 0 Å². The number of amides is 4. The van der Waals surface area contributed by atoms with Gasteiger partial charge in [0, 0.05) is 47.3 Å². The van der Waals surface area contributed by atoms with Crippen molar-refractivity contribution < 1.29 is 29.0 Å². The first kappa shape index (κ1) is 50.2. The molecular formula is C52H64N10O6. The first-order valence-electron chi connectivity index (χ1n) is 22.8. The Bertz CT molecular complexity index is 2590. The fourth-order valence-electron chi connectivity index (χ4n) is 7.56. The fourth-order valence-corrected chi connectivity index (χ4v) is 7.56. The van der Waals surface area contributed by atoms with E-state index in [1.54, 1.807) is 55.0 Å². The van der Waals surface area contributed by atoms with Crippen LogP contribution in [0.3, 0.4) is 0 Å². The molecule has 4 aromatic heterocycles. The molecule has 0 radical (unpaired) electrons. The molecule has 0 saturated heterocycles. The van der Waals surface area contributed by atoms with Crippen LogP contribution in [0.5, 0.6) is 6.01 Å². The molecule has 2 unspecified atom stereocenters. The molecule has 16 nitrogen and oxygen atoms in total. The van der Waals surface area contributed by atoms with Crippen LogP contribution in [0.15, 0.2) is 116 Å². The first-order valence-corrected chi connectivity index (χ1v) is 22.8. The summed E-state index contributed by atoms with van der Waals surface area (Å²) in [5.74, 6) is -2.34. The Kier molecular flexibility index (Phi) is 16.0. The highest BCUT2D eigenvalue weighted by Gasteiger charge is 2.38. The van der Waals surface area contributed by atoms with Crippen molar-refractivity contribution in [2.45, 2.75) is 104 Å². The van der Waals surface area contributed by atoms with E-state index < -0.39 is 47.8 Å². The van der Waals surface area contributed by atoms with Crippen LogP contribution in [-0.2, 0) is 20.4 Å². The maximum atomic E-state index is 14.9. The van der Waals surface area contributed by atoms with E-state index in [0.29, 0.717) is 22.5 Å². The van der Waals surface area contributed by atoms with Crippen molar-refractivity contribution in [2.75, 3.05) is 23.0 Å². The van der Waals surface area contributed by atoms with Gasteiger partial charge in [-0.3, -0.25) is 38.9 Å². The van der Waals surface area contributed by atoms with Gasteiger partial charge < -0.3 is 30.4 Å². The average molecular weight is 925 g/mol. The summed E-state index contributed by atoms with van der Waals surface area (Å²) in [6, 6.07) is 18.3. The van der Waals surface area contributed by atoms with Crippen molar-refractivity contribution in [2.24, 2.45) is 11.8 Å². The Morgan fingerprint density at radius 2 is 1.10 bits per heavy atom. The van der Waals surface area contributed by atoms with E-state index in [9.17, 15) is 24.3 Å². The molecule has 4 heterocycles. The molecule has 0 saturated carbocycles. The molecule has 2 aromatic carbocycles. The second-order valence-corrected chi connectivity index (χ2v) is 19.6. The molecule has 0 aliphatic carbocycles. The monoisotopic (exact) mass is 925 g/mol. The number of pyridine rings is 2. The number of ether oxygens (including phenoxy) is 1. The highest BCUT2D eigenvalue weighted by molar-refractivity contribution is 6.10. The molecular weight excluding hydrogens is 861 g/mol. The van der Waals surface area contributed by atoms with Gasteiger partial charge in [-0.15, -0.1) is 0 Å². The lowest BCUT2D eigenvalue weighted by atomic mass is 9.87. The number of anilines is 2. The summed E-state index contributed by atoms with van der Waals surface area (Å²) in [5.41, 5.74) is 3.80. The number of carbonyl (C=O) groups is 4. The number of hydrogen-bond acceptors (Lipinski definition) is 10. The van der Waals surface area contributed by atoms with E-state index in [-0.39, 0.29) is 53.3 Å². The number of aliphatic hydroxyl groups excluding tert-OH is 1. The topological polar surface area (TPSA) is 211 Å². The Labute approximate surface area is 398 Å². The maximum Gasteiger partial charge on any atom is 0.294 e. The van der Waals surface area contributed by atoms with Gasteiger partial charge in [-0.25, -0.2) is 9.97 Å². The summed E-state index contributed by atoms with van der Waals surface area (Å²) in [4.78, 5) is 84.2. The predicted octanol–water partition coefficient (Wildman–Crippen LogP) is 7.65. The Morgan fingerprint density at radius 3 is 1.50 bits per heavy atom. The number of aliphatic hydroxyl groups is 1. The van der Waals surface area contributed by atoms with E-state index in [2.05, 4.69) is 82.1 Å². The molecule has 6 rings (SSSR count). The third-order valence-corrected chi connectivity index (χ3v) is 11.8. The van der Waals surface area contributed by atoms with Crippen molar-refractivity contribution in [1.29, 1.82) is 0 Å². The molecule has 5 N–H and O–H groups in total. The number of imidazole rings is 2. The second kappa shape index (κ2) is 21.6. The van der Waals surface area contributed by atoms with Gasteiger partial charge in [0.25, 0.3) is 17.8 Å². The fraction of sp³-hybridized carbons (Fsp3) is 0.385. The molecule has 16 heteroatoms. The molecule has 0 spiro atoms.